The smallest absolute Gasteiger partial charge is 0.410 e. The van der Waals surface area contributed by atoms with E-state index >= 15 is 0 Å². The van der Waals surface area contributed by atoms with Crippen molar-refractivity contribution in [1.82, 2.24) is 10.2 Å². The van der Waals surface area contributed by atoms with Gasteiger partial charge in [-0.15, -0.1) is 0 Å². The average molecular weight is 384 g/mol. The monoisotopic (exact) mass is 384 g/mol. The molecule has 0 aromatic heterocycles. The zero-order chi connectivity index (χ0) is 19.8. The molecule has 0 saturated carbocycles. The molecule has 28 heavy (non-hydrogen) atoms. The van der Waals surface area contributed by atoms with Crippen LogP contribution in [0.2, 0.25) is 0 Å². The van der Waals surface area contributed by atoms with Crippen molar-refractivity contribution in [2.75, 3.05) is 31.5 Å². The van der Waals surface area contributed by atoms with Crippen LogP contribution >= 0.6 is 0 Å². The number of carbonyl (C=O) groups is 1. The van der Waals surface area contributed by atoms with Gasteiger partial charge in [0.1, 0.15) is 12.3 Å². The second-order valence-corrected chi connectivity index (χ2v) is 6.63. The minimum Gasteiger partial charge on any atom is -0.445 e. The fourth-order valence-corrected chi connectivity index (χ4v) is 3.16. The maximum absolute atomic E-state index is 12.3. The minimum atomic E-state index is -0.397. The third-order valence-electron chi connectivity index (χ3n) is 4.63. The van der Waals surface area contributed by atoms with E-state index in [4.69, 9.17) is 4.74 Å². The third-order valence-corrected chi connectivity index (χ3v) is 4.63. The molecule has 8 heteroatoms. The molecule has 3 rings (SSSR count). The first-order chi connectivity index (χ1) is 13.6. The van der Waals surface area contributed by atoms with Crippen LogP contribution in [-0.4, -0.2) is 48.1 Å². The van der Waals surface area contributed by atoms with Gasteiger partial charge in [-0.2, -0.15) is 0 Å². The summed E-state index contributed by atoms with van der Waals surface area (Å²) in [5.41, 5.74) is 1.52. The number of piperazine rings is 1. The summed E-state index contributed by atoms with van der Waals surface area (Å²) in [6.07, 6.45) is 0.413. The summed E-state index contributed by atoms with van der Waals surface area (Å²) in [5.74, 6) is 0. The Hall–Kier alpha value is -3.13. The predicted molar refractivity (Wildman–Crippen MR) is 106 cm³/mol. The number of nitrogens with zero attached hydrogens (tertiary/aromatic N) is 2. The number of benzene rings is 2. The van der Waals surface area contributed by atoms with Gasteiger partial charge in [-0.25, -0.2) is 4.79 Å². The topological polar surface area (TPSA) is 96.7 Å². The van der Waals surface area contributed by atoms with Gasteiger partial charge in [0.25, 0.3) is 5.69 Å². The van der Waals surface area contributed by atoms with Gasteiger partial charge in [0.2, 0.25) is 0 Å². The van der Waals surface area contributed by atoms with Crippen LogP contribution in [0.1, 0.15) is 12.0 Å². The molecule has 1 heterocycles. The molecule has 1 aliphatic heterocycles. The maximum atomic E-state index is 12.3. The van der Waals surface area contributed by atoms with Crippen LogP contribution in [0.3, 0.4) is 0 Å². The summed E-state index contributed by atoms with van der Waals surface area (Å²) in [6.45, 7) is 2.66. The second kappa shape index (κ2) is 9.70. The average Bonchev–Trinajstić information content (AvgIpc) is 2.73. The van der Waals surface area contributed by atoms with Crippen molar-refractivity contribution < 1.29 is 14.5 Å². The Morgan fingerprint density at radius 2 is 1.96 bits per heavy atom. The number of hydrogen-bond acceptors (Lipinski definition) is 6. The summed E-state index contributed by atoms with van der Waals surface area (Å²) < 4.78 is 5.40. The number of amides is 1. The second-order valence-electron chi connectivity index (χ2n) is 6.63. The van der Waals surface area contributed by atoms with E-state index in [2.05, 4.69) is 10.6 Å². The van der Waals surface area contributed by atoms with Gasteiger partial charge in [0.05, 0.1) is 4.92 Å². The fourth-order valence-electron chi connectivity index (χ4n) is 3.16. The molecule has 1 atom stereocenters. The van der Waals surface area contributed by atoms with Crippen molar-refractivity contribution in [3.05, 3.63) is 70.3 Å². The van der Waals surface area contributed by atoms with E-state index in [-0.39, 0.29) is 24.4 Å². The van der Waals surface area contributed by atoms with E-state index in [9.17, 15) is 14.9 Å². The summed E-state index contributed by atoms with van der Waals surface area (Å²) in [4.78, 5) is 24.7. The fraction of sp³-hybridized carbons (Fsp3) is 0.350. The molecular weight excluding hydrogens is 360 g/mol. The van der Waals surface area contributed by atoms with Crippen molar-refractivity contribution >= 4 is 17.5 Å². The number of anilines is 1. The molecule has 148 valence electrons. The number of para-hydroxylation sites is 2. The highest BCUT2D eigenvalue weighted by atomic mass is 16.6. The van der Waals surface area contributed by atoms with E-state index in [0.717, 1.165) is 12.0 Å². The molecule has 0 unspecified atom stereocenters. The molecule has 0 radical (unpaired) electrons. The van der Waals surface area contributed by atoms with Gasteiger partial charge in [-0.1, -0.05) is 42.5 Å². The molecule has 1 saturated heterocycles. The van der Waals surface area contributed by atoms with Crippen LogP contribution in [0.25, 0.3) is 0 Å². The number of hydrogen-bond donors (Lipinski definition) is 2. The Bertz CT molecular complexity index is 800. The SMILES string of the molecule is O=C(OCc1ccccc1)N1CCN[C@H](CCNc2ccccc2[N+](=O)[O-])C1. The molecular formula is C20H24N4O4. The Morgan fingerprint density at radius 1 is 1.21 bits per heavy atom. The van der Waals surface area contributed by atoms with Crippen molar-refractivity contribution in [2.24, 2.45) is 0 Å². The molecule has 0 bridgehead atoms. The first-order valence-corrected chi connectivity index (χ1v) is 9.30. The van der Waals surface area contributed by atoms with Gasteiger partial charge in [0.15, 0.2) is 0 Å². The Kier molecular flexibility index (Phi) is 6.80. The number of nitro groups is 1. The standard InChI is InChI=1S/C20H24N4O4/c25-20(28-15-16-6-2-1-3-7-16)23-13-12-21-17(14-23)10-11-22-18-8-4-5-9-19(18)24(26)27/h1-9,17,21-22H,10-15H2/t17-/m1/s1. The third kappa shape index (κ3) is 5.43. The lowest BCUT2D eigenvalue weighted by Gasteiger charge is -2.33. The molecule has 0 aliphatic carbocycles. The van der Waals surface area contributed by atoms with Crippen LogP contribution in [0.4, 0.5) is 16.2 Å². The lowest BCUT2D eigenvalue weighted by Crippen LogP contribution is -2.53. The lowest BCUT2D eigenvalue weighted by atomic mass is 10.1. The first kappa shape index (κ1) is 19.6. The van der Waals surface area contributed by atoms with Crippen molar-refractivity contribution in [3.63, 3.8) is 0 Å². The van der Waals surface area contributed by atoms with Crippen LogP contribution < -0.4 is 10.6 Å². The van der Waals surface area contributed by atoms with Crippen LogP contribution in [-0.2, 0) is 11.3 Å². The van der Waals surface area contributed by atoms with Crippen molar-refractivity contribution in [2.45, 2.75) is 19.1 Å². The number of carbonyl (C=O) groups excluding carboxylic acids is 1. The molecule has 2 aromatic carbocycles. The normalized spacial score (nSPS) is 16.4. The van der Waals surface area contributed by atoms with Crippen LogP contribution in [0.5, 0.6) is 0 Å². The maximum Gasteiger partial charge on any atom is 0.410 e. The summed E-state index contributed by atoms with van der Waals surface area (Å²) in [5, 5.41) is 17.6. The Labute approximate surface area is 163 Å². The van der Waals surface area contributed by atoms with E-state index < -0.39 is 4.92 Å². The summed E-state index contributed by atoms with van der Waals surface area (Å²) >= 11 is 0. The van der Waals surface area contributed by atoms with Gasteiger partial charge in [0, 0.05) is 38.3 Å². The van der Waals surface area contributed by atoms with E-state index in [1.54, 1.807) is 23.1 Å². The van der Waals surface area contributed by atoms with Crippen molar-refractivity contribution in [1.29, 1.82) is 0 Å². The van der Waals surface area contributed by atoms with Crippen molar-refractivity contribution in [3.8, 4) is 0 Å². The van der Waals surface area contributed by atoms with Gasteiger partial charge in [-0.05, 0) is 18.1 Å². The molecule has 2 aromatic rings. The van der Waals surface area contributed by atoms with Crippen LogP contribution in [0, 0.1) is 10.1 Å². The molecule has 8 nitrogen and oxygen atoms in total. The first-order valence-electron chi connectivity index (χ1n) is 9.30. The molecule has 0 spiro atoms. The molecule has 1 amide bonds. The van der Waals surface area contributed by atoms with Crippen LogP contribution in [0.15, 0.2) is 54.6 Å². The highest BCUT2D eigenvalue weighted by Gasteiger charge is 2.24. The quantitative estimate of drug-likeness (QED) is 0.563. The summed E-state index contributed by atoms with van der Waals surface area (Å²) in [6, 6.07) is 16.3. The summed E-state index contributed by atoms with van der Waals surface area (Å²) in [7, 11) is 0. The van der Waals surface area contributed by atoms with Gasteiger partial charge < -0.3 is 20.3 Å². The largest absolute Gasteiger partial charge is 0.445 e. The predicted octanol–water partition coefficient (Wildman–Crippen LogP) is 3.01. The molecule has 2 N–H and O–H groups in total. The van der Waals surface area contributed by atoms with E-state index in [0.29, 0.717) is 31.9 Å². The Balaban J connectivity index is 1.45. The number of rotatable bonds is 7. The Morgan fingerprint density at radius 3 is 2.75 bits per heavy atom. The highest BCUT2D eigenvalue weighted by Crippen LogP contribution is 2.23. The number of ether oxygens (including phenoxy) is 1. The lowest BCUT2D eigenvalue weighted by molar-refractivity contribution is -0.384. The van der Waals surface area contributed by atoms with E-state index in [1.807, 2.05) is 30.3 Å². The zero-order valence-electron chi connectivity index (χ0n) is 15.5. The molecule has 1 aliphatic rings. The molecule has 1 fully saturated rings. The highest BCUT2D eigenvalue weighted by molar-refractivity contribution is 5.68. The van der Waals surface area contributed by atoms with E-state index in [1.165, 1.54) is 6.07 Å². The van der Waals surface area contributed by atoms with Gasteiger partial charge >= 0.3 is 6.09 Å². The minimum absolute atomic E-state index is 0.0604. The zero-order valence-corrected chi connectivity index (χ0v) is 15.5. The number of nitro benzene ring substituents is 1. The number of nitrogens with one attached hydrogen (secondary N) is 2. The van der Waals surface area contributed by atoms with Gasteiger partial charge in [-0.3, -0.25) is 10.1 Å².